The van der Waals surface area contributed by atoms with E-state index in [2.05, 4.69) is 9.89 Å². The summed E-state index contributed by atoms with van der Waals surface area (Å²) >= 11 is 0. The first kappa shape index (κ1) is 19.2. The number of aliphatic imine (C=N–C) groups is 1. The van der Waals surface area contributed by atoms with Gasteiger partial charge in [0.1, 0.15) is 0 Å². The van der Waals surface area contributed by atoms with Crippen molar-refractivity contribution in [3.8, 4) is 0 Å². The summed E-state index contributed by atoms with van der Waals surface area (Å²) in [6.45, 7) is 3.00. The first-order valence-electron chi connectivity index (χ1n) is 7.60. The van der Waals surface area contributed by atoms with Crippen molar-refractivity contribution in [3.05, 3.63) is 35.9 Å². The molecule has 0 radical (unpaired) electrons. The number of likely N-dealkylation sites (tertiary alicyclic amines) is 1. The van der Waals surface area contributed by atoms with Gasteiger partial charge in [-0.1, -0.05) is 30.3 Å². The Balaban J connectivity index is 0.00000242. The second-order valence-electron chi connectivity index (χ2n) is 5.40. The smallest absolute Gasteiger partial charge is 0.191 e. The second-order valence-corrected chi connectivity index (χ2v) is 5.40. The molecule has 1 heterocycles. The highest BCUT2D eigenvalue weighted by Gasteiger charge is 2.12. The van der Waals surface area contributed by atoms with Crippen LogP contribution in [0.5, 0.6) is 0 Å². The fourth-order valence-corrected chi connectivity index (χ4v) is 2.36. The molecular weight excluding hydrogens is 393 g/mol. The molecule has 0 aliphatic carbocycles. The number of aliphatic hydroxyl groups is 1. The summed E-state index contributed by atoms with van der Waals surface area (Å²) in [6, 6.07) is 9.91. The number of hydrogen-bond donors (Lipinski definition) is 2. The van der Waals surface area contributed by atoms with Crippen molar-refractivity contribution in [3.63, 3.8) is 0 Å². The van der Waals surface area contributed by atoms with Crippen molar-refractivity contribution in [2.24, 2.45) is 10.7 Å². The van der Waals surface area contributed by atoms with Gasteiger partial charge in [-0.25, -0.2) is 0 Å². The van der Waals surface area contributed by atoms with Crippen LogP contribution in [0.25, 0.3) is 0 Å². The molecule has 1 fully saturated rings. The zero-order chi connectivity index (χ0) is 14.9. The van der Waals surface area contributed by atoms with Crippen molar-refractivity contribution in [1.82, 2.24) is 4.90 Å². The van der Waals surface area contributed by atoms with Crippen LogP contribution in [0.3, 0.4) is 0 Å². The molecule has 124 valence electrons. The van der Waals surface area contributed by atoms with E-state index in [1.807, 2.05) is 30.3 Å². The average molecular weight is 419 g/mol. The minimum atomic E-state index is -0.614. The number of piperidine rings is 1. The summed E-state index contributed by atoms with van der Waals surface area (Å²) in [5.41, 5.74) is 7.04. The largest absolute Gasteiger partial charge is 0.389 e. The number of aliphatic hydroxyl groups excluding tert-OH is 1. The van der Waals surface area contributed by atoms with Crippen LogP contribution in [-0.2, 0) is 11.3 Å². The van der Waals surface area contributed by atoms with Crippen molar-refractivity contribution < 1.29 is 9.84 Å². The predicted octanol–water partition coefficient (Wildman–Crippen LogP) is 1.98. The van der Waals surface area contributed by atoms with E-state index in [1.54, 1.807) is 0 Å². The number of nitrogens with zero attached hydrogens (tertiary/aromatic N) is 2. The molecule has 0 aromatic heterocycles. The minimum Gasteiger partial charge on any atom is -0.389 e. The molecule has 0 bridgehead atoms. The average Bonchev–Trinajstić information content (AvgIpc) is 2.54. The molecule has 6 heteroatoms. The van der Waals surface area contributed by atoms with Crippen LogP contribution in [0.1, 0.15) is 24.8 Å². The summed E-state index contributed by atoms with van der Waals surface area (Å²) in [4.78, 5) is 6.35. The van der Waals surface area contributed by atoms with Crippen molar-refractivity contribution >= 4 is 29.9 Å². The first-order chi connectivity index (χ1) is 10.3. The Morgan fingerprint density at radius 3 is 2.59 bits per heavy atom. The Morgan fingerprint density at radius 2 is 1.91 bits per heavy atom. The van der Waals surface area contributed by atoms with Crippen LogP contribution in [-0.4, -0.2) is 48.3 Å². The molecular formula is C16H26IN3O2. The number of ether oxygens (including phenoxy) is 1. The third kappa shape index (κ3) is 6.93. The van der Waals surface area contributed by atoms with Crippen LogP contribution in [0.2, 0.25) is 0 Å². The maximum absolute atomic E-state index is 9.87. The molecule has 1 atom stereocenters. The Morgan fingerprint density at radius 1 is 1.23 bits per heavy atom. The zero-order valence-corrected chi connectivity index (χ0v) is 15.2. The van der Waals surface area contributed by atoms with Crippen LogP contribution >= 0.6 is 24.0 Å². The molecule has 1 aliphatic rings. The van der Waals surface area contributed by atoms with Crippen LogP contribution < -0.4 is 5.73 Å². The van der Waals surface area contributed by atoms with E-state index in [0.29, 0.717) is 12.6 Å². The summed E-state index contributed by atoms with van der Waals surface area (Å²) < 4.78 is 5.49. The molecule has 22 heavy (non-hydrogen) atoms. The Bertz CT molecular complexity index is 436. The molecule has 1 unspecified atom stereocenters. The predicted molar refractivity (Wildman–Crippen MR) is 99.4 cm³/mol. The fraction of sp³-hybridized carbons (Fsp3) is 0.562. The third-order valence-corrected chi connectivity index (χ3v) is 3.57. The quantitative estimate of drug-likeness (QED) is 0.420. The van der Waals surface area contributed by atoms with Gasteiger partial charge in [-0.2, -0.15) is 0 Å². The van der Waals surface area contributed by atoms with Gasteiger partial charge in [-0.3, -0.25) is 4.99 Å². The first-order valence-corrected chi connectivity index (χ1v) is 7.60. The third-order valence-electron chi connectivity index (χ3n) is 3.57. The van der Waals surface area contributed by atoms with Crippen molar-refractivity contribution in [2.45, 2.75) is 32.0 Å². The lowest BCUT2D eigenvalue weighted by Crippen LogP contribution is -2.41. The summed E-state index contributed by atoms with van der Waals surface area (Å²) in [6.07, 6.45) is 2.98. The number of halogens is 1. The summed E-state index contributed by atoms with van der Waals surface area (Å²) in [5.74, 6) is 0.539. The SMILES string of the molecule is I.NC(=NCC(O)COCc1ccccc1)N1CCCCC1. The molecule has 0 spiro atoms. The van der Waals surface area contributed by atoms with Crippen LogP contribution in [0.4, 0.5) is 0 Å². The normalized spacial score (nSPS) is 17.0. The number of nitrogens with two attached hydrogens (primary N) is 1. The van der Waals surface area contributed by atoms with Gasteiger partial charge in [0.15, 0.2) is 5.96 Å². The van der Waals surface area contributed by atoms with Gasteiger partial charge in [0.25, 0.3) is 0 Å². The van der Waals surface area contributed by atoms with E-state index in [-0.39, 0.29) is 37.1 Å². The van der Waals surface area contributed by atoms with E-state index in [4.69, 9.17) is 10.5 Å². The van der Waals surface area contributed by atoms with Gasteiger partial charge in [0, 0.05) is 13.1 Å². The van der Waals surface area contributed by atoms with Gasteiger partial charge in [-0.05, 0) is 24.8 Å². The maximum atomic E-state index is 9.87. The molecule has 3 N–H and O–H groups in total. The van der Waals surface area contributed by atoms with Crippen LogP contribution in [0, 0.1) is 0 Å². The Kier molecular flexibility index (Phi) is 9.42. The zero-order valence-electron chi connectivity index (χ0n) is 12.9. The number of guanidine groups is 1. The Hall–Kier alpha value is -0.860. The highest BCUT2D eigenvalue weighted by molar-refractivity contribution is 14.0. The van der Waals surface area contributed by atoms with Gasteiger partial charge < -0.3 is 20.5 Å². The van der Waals surface area contributed by atoms with Gasteiger partial charge in [-0.15, -0.1) is 24.0 Å². The van der Waals surface area contributed by atoms with Crippen molar-refractivity contribution in [2.75, 3.05) is 26.2 Å². The molecule has 1 aromatic rings. The van der Waals surface area contributed by atoms with Gasteiger partial charge in [0.2, 0.25) is 0 Å². The lowest BCUT2D eigenvalue weighted by molar-refractivity contribution is 0.0330. The number of benzene rings is 1. The fourth-order valence-electron chi connectivity index (χ4n) is 2.36. The highest BCUT2D eigenvalue weighted by Crippen LogP contribution is 2.08. The molecule has 1 saturated heterocycles. The molecule has 2 rings (SSSR count). The molecule has 1 aliphatic heterocycles. The molecule has 5 nitrogen and oxygen atoms in total. The topological polar surface area (TPSA) is 71.1 Å². The monoisotopic (exact) mass is 419 g/mol. The Labute approximate surface area is 149 Å². The van der Waals surface area contributed by atoms with E-state index >= 15 is 0 Å². The number of rotatable bonds is 6. The minimum absolute atomic E-state index is 0. The molecule has 1 aromatic carbocycles. The van der Waals surface area contributed by atoms with E-state index in [1.165, 1.54) is 19.3 Å². The lowest BCUT2D eigenvalue weighted by atomic mass is 10.1. The lowest BCUT2D eigenvalue weighted by Gasteiger charge is -2.27. The summed E-state index contributed by atoms with van der Waals surface area (Å²) in [7, 11) is 0. The second kappa shape index (κ2) is 10.8. The standard InChI is InChI=1S/C16H25N3O2.HI/c17-16(19-9-5-2-6-10-19)18-11-15(20)13-21-12-14-7-3-1-4-8-14;/h1,3-4,7-8,15,20H,2,5-6,9-13H2,(H2,17,18);1H. The summed E-state index contributed by atoms with van der Waals surface area (Å²) in [5, 5.41) is 9.87. The van der Waals surface area contributed by atoms with E-state index in [0.717, 1.165) is 18.7 Å². The van der Waals surface area contributed by atoms with Crippen molar-refractivity contribution in [1.29, 1.82) is 0 Å². The number of hydrogen-bond acceptors (Lipinski definition) is 3. The van der Waals surface area contributed by atoms with E-state index < -0.39 is 6.10 Å². The molecule has 0 saturated carbocycles. The van der Waals surface area contributed by atoms with Crippen LogP contribution in [0.15, 0.2) is 35.3 Å². The highest BCUT2D eigenvalue weighted by atomic mass is 127. The van der Waals surface area contributed by atoms with Gasteiger partial charge in [0.05, 0.1) is 25.9 Å². The van der Waals surface area contributed by atoms with Gasteiger partial charge >= 0.3 is 0 Å². The van der Waals surface area contributed by atoms with E-state index in [9.17, 15) is 5.11 Å². The molecule has 0 amide bonds. The maximum Gasteiger partial charge on any atom is 0.191 e.